The quantitative estimate of drug-likeness (QED) is 0.526. The van der Waals surface area contributed by atoms with Crippen molar-refractivity contribution in [3.8, 4) is 0 Å². The van der Waals surface area contributed by atoms with E-state index in [1.54, 1.807) is 6.92 Å². The molecule has 0 saturated heterocycles. The standard InChI is InChI=1S/C15H29NO3/c1-3-16-15(2,14(17)18)11-8-12-19-13-9-6-4-5-7-10-13/h13,16H,3-12H2,1-2H3,(H,17,18). The molecule has 112 valence electrons. The summed E-state index contributed by atoms with van der Waals surface area (Å²) in [5.41, 5.74) is -0.818. The van der Waals surface area contributed by atoms with Gasteiger partial charge in [-0.3, -0.25) is 4.79 Å². The van der Waals surface area contributed by atoms with Crippen molar-refractivity contribution < 1.29 is 14.6 Å². The molecule has 4 nitrogen and oxygen atoms in total. The van der Waals surface area contributed by atoms with E-state index < -0.39 is 11.5 Å². The normalized spacial score (nSPS) is 20.7. The zero-order valence-corrected chi connectivity index (χ0v) is 12.4. The molecule has 0 heterocycles. The SMILES string of the molecule is CCNC(C)(CCCOC1CCCCCC1)C(=O)O. The Morgan fingerprint density at radius 1 is 1.32 bits per heavy atom. The predicted molar refractivity (Wildman–Crippen MR) is 76.4 cm³/mol. The number of ether oxygens (including phenoxy) is 1. The van der Waals surface area contributed by atoms with Gasteiger partial charge in [0.2, 0.25) is 0 Å². The van der Waals surface area contributed by atoms with E-state index in [9.17, 15) is 9.90 Å². The lowest BCUT2D eigenvalue weighted by Crippen LogP contribution is -2.49. The molecule has 1 aliphatic rings. The van der Waals surface area contributed by atoms with Crippen LogP contribution >= 0.6 is 0 Å². The molecule has 1 rings (SSSR count). The first-order chi connectivity index (χ1) is 9.08. The molecule has 0 spiro atoms. The van der Waals surface area contributed by atoms with Crippen LogP contribution in [0.2, 0.25) is 0 Å². The van der Waals surface area contributed by atoms with Crippen LogP contribution < -0.4 is 5.32 Å². The Bertz CT molecular complexity index is 262. The molecule has 0 amide bonds. The van der Waals surface area contributed by atoms with Crippen molar-refractivity contribution in [2.24, 2.45) is 0 Å². The second-order valence-corrected chi connectivity index (χ2v) is 5.76. The summed E-state index contributed by atoms with van der Waals surface area (Å²) in [7, 11) is 0. The summed E-state index contributed by atoms with van der Waals surface area (Å²) in [6, 6.07) is 0. The fourth-order valence-electron chi connectivity index (χ4n) is 2.75. The second-order valence-electron chi connectivity index (χ2n) is 5.76. The first kappa shape index (κ1) is 16.4. The summed E-state index contributed by atoms with van der Waals surface area (Å²) in [5.74, 6) is -0.774. The number of carboxylic acid groups (broad SMARTS) is 1. The minimum absolute atomic E-state index is 0.401. The Labute approximate surface area is 116 Å². The molecule has 1 fully saturated rings. The van der Waals surface area contributed by atoms with Gasteiger partial charge >= 0.3 is 5.97 Å². The Morgan fingerprint density at radius 2 is 1.95 bits per heavy atom. The molecule has 19 heavy (non-hydrogen) atoms. The van der Waals surface area contributed by atoms with Crippen LogP contribution in [-0.4, -0.2) is 35.9 Å². The van der Waals surface area contributed by atoms with Crippen LogP contribution in [0.3, 0.4) is 0 Å². The van der Waals surface area contributed by atoms with E-state index in [-0.39, 0.29) is 0 Å². The molecule has 0 bridgehead atoms. The van der Waals surface area contributed by atoms with Gasteiger partial charge in [-0.25, -0.2) is 0 Å². The average molecular weight is 271 g/mol. The van der Waals surface area contributed by atoms with Gasteiger partial charge in [-0.15, -0.1) is 0 Å². The number of carbonyl (C=O) groups is 1. The third-order valence-electron chi connectivity index (χ3n) is 4.02. The van der Waals surface area contributed by atoms with E-state index in [1.165, 1.54) is 38.5 Å². The third-order valence-corrected chi connectivity index (χ3v) is 4.02. The van der Waals surface area contributed by atoms with E-state index in [1.807, 2.05) is 6.92 Å². The largest absolute Gasteiger partial charge is 0.480 e. The topological polar surface area (TPSA) is 58.6 Å². The first-order valence-electron chi connectivity index (χ1n) is 7.68. The third kappa shape index (κ3) is 5.91. The van der Waals surface area contributed by atoms with Crippen LogP contribution in [0, 0.1) is 0 Å². The van der Waals surface area contributed by atoms with Gasteiger partial charge in [-0.1, -0.05) is 32.6 Å². The van der Waals surface area contributed by atoms with Crippen molar-refractivity contribution in [1.29, 1.82) is 0 Å². The lowest BCUT2D eigenvalue weighted by atomic mass is 9.96. The molecule has 2 N–H and O–H groups in total. The maximum absolute atomic E-state index is 11.2. The van der Waals surface area contributed by atoms with Gasteiger partial charge in [0.15, 0.2) is 0 Å². The molecule has 0 aromatic carbocycles. The fraction of sp³-hybridized carbons (Fsp3) is 0.933. The van der Waals surface area contributed by atoms with Gasteiger partial charge in [-0.05, 0) is 39.2 Å². The molecule has 0 aromatic heterocycles. The zero-order valence-electron chi connectivity index (χ0n) is 12.4. The minimum atomic E-state index is -0.818. The van der Waals surface area contributed by atoms with E-state index in [0.717, 1.165) is 6.42 Å². The van der Waals surface area contributed by atoms with Crippen LogP contribution in [0.15, 0.2) is 0 Å². The number of nitrogens with one attached hydrogen (secondary N) is 1. The fourth-order valence-corrected chi connectivity index (χ4v) is 2.75. The number of aliphatic carboxylic acids is 1. The molecule has 1 atom stereocenters. The number of likely N-dealkylation sites (N-methyl/N-ethyl adjacent to an activating group) is 1. The van der Waals surface area contributed by atoms with Gasteiger partial charge < -0.3 is 15.2 Å². The van der Waals surface area contributed by atoms with Crippen molar-refractivity contribution >= 4 is 5.97 Å². The zero-order chi connectivity index (χ0) is 14.1. The number of rotatable bonds is 8. The number of hydrogen-bond donors (Lipinski definition) is 2. The van der Waals surface area contributed by atoms with Crippen molar-refractivity contribution in [1.82, 2.24) is 5.32 Å². The lowest BCUT2D eigenvalue weighted by Gasteiger charge is -2.26. The highest BCUT2D eigenvalue weighted by Gasteiger charge is 2.31. The van der Waals surface area contributed by atoms with Crippen LogP contribution in [0.5, 0.6) is 0 Å². The monoisotopic (exact) mass is 271 g/mol. The van der Waals surface area contributed by atoms with Crippen LogP contribution in [0.25, 0.3) is 0 Å². The molecule has 1 unspecified atom stereocenters. The van der Waals surface area contributed by atoms with Crippen LogP contribution in [0.4, 0.5) is 0 Å². The summed E-state index contributed by atoms with van der Waals surface area (Å²) < 4.78 is 5.90. The second kappa shape index (κ2) is 8.54. The van der Waals surface area contributed by atoms with Crippen LogP contribution in [0.1, 0.15) is 65.2 Å². The van der Waals surface area contributed by atoms with E-state index in [4.69, 9.17) is 4.74 Å². The van der Waals surface area contributed by atoms with E-state index in [0.29, 0.717) is 25.7 Å². The number of carboxylic acids is 1. The Kier molecular flexibility index (Phi) is 7.39. The van der Waals surface area contributed by atoms with Gasteiger partial charge in [0.05, 0.1) is 6.10 Å². The van der Waals surface area contributed by atoms with Gasteiger partial charge in [-0.2, -0.15) is 0 Å². The van der Waals surface area contributed by atoms with E-state index in [2.05, 4.69) is 5.32 Å². The van der Waals surface area contributed by atoms with Crippen molar-refractivity contribution in [2.75, 3.05) is 13.2 Å². The highest BCUT2D eigenvalue weighted by molar-refractivity contribution is 5.78. The summed E-state index contributed by atoms with van der Waals surface area (Å²) in [5, 5.41) is 12.3. The molecular weight excluding hydrogens is 242 g/mol. The highest BCUT2D eigenvalue weighted by atomic mass is 16.5. The molecular formula is C15H29NO3. The summed E-state index contributed by atoms with van der Waals surface area (Å²) in [6.07, 6.45) is 9.36. The Hall–Kier alpha value is -0.610. The molecule has 0 radical (unpaired) electrons. The Balaban J connectivity index is 2.22. The number of hydrogen-bond acceptors (Lipinski definition) is 3. The molecule has 0 aromatic rings. The van der Waals surface area contributed by atoms with Crippen LogP contribution in [-0.2, 0) is 9.53 Å². The van der Waals surface area contributed by atoms with Crippen molar-refractivity contribution in [3.63, 3.8) is 0 Å². The predicted octanol–water partition coefficient (Wildman–Crippen LogP) is 2.96. The lowest BCUT2D eigenvalue weighted by molar-refractivity contribution is -0.144. The molecule has 1 aliphatic carbocycles. The molecule has 1 saturated carbocycles. The molecule has 0 aliphatic heterocycles. The van der Waals surface area contributed by atoms with Crippen molar-refractivity contribution in [2.45, 2.75) is 76.9 Å². The maximum Gasteiger partial charge on any atom is 0.323 e. The van der Waals surface area contributed by atoms with Gasteiger partial charge in [0.1, 0.15) is 5.54 Å². The van der Waals surface area contributed by atoms with Crippen molar-refractivity contribution in [3.05, 3.63) is 0 Å². The summed E-state index contributed by atoms with van der Waals surface area (Å²) in [4.78, 5) is 11.2. The molecule has 4 heteroatoms. The average Bonchev–Trinajstić information content (AvgIpc) is 2.63. The van der Waals surface area contributed by atoms with E-state index >= 15 is 0 Å². The van der Waals surface area contributed by atoms with Gasteiger partial charge in [0.25, 0.3) is 0 Å². The maximum atomic E-state index is 11.2. The minimum Gasteiger partial charge on any atom is -0.480 e. The smallest absolute Gasteiger partial charge is 0.323 e. The first-order valence-corrected chi connectivity index (χ1v) is 7.68. The summed E-state index contributed by atoms with van der Waals surface area (Å²) in [6.45, 7) is 5.04. The highest BCUT2D eigenvalue weighted by Crippen LogP contribution is 2.20. The Morgan fingerprint density at radius 3 is 2.47 bits per heavy atom. The summed E-state index contributed by atoms with van der Waals surface area (Å²) >= 11 is 0. The van der Waals surface area contributed by atoms with Gasteiger partial charge in [0, 0.05) is 6.61 Å².